The summed E-state index contributed by atoms with van der Waals surface area (Å²) in [4.78, 5) is 20.8. The van der Waals surface area contributed by atoms with Crippen LogP contribution in [0.4, 0.5) is 10.6 Å². The summed E-state index contributed by atoms with van der Waals surface area (Å²) in [5.74, 6) is -0.689. The fourth-order valence-electron chi connectivity index (χ4n) is 2.55. The Hall–Kier alpha value is -3.38. The van der Waals surface area contributed by atoms with E-state index in [0.717, 1.165) is 0 Å². The van der Waals surface area contributed by atoms with Crippen molar-refractivity contribution in [3.05, 3.63) is 36.2 Å². The van der Waals surface area contributed by atoms with Gasteiger partial charge in [-0.3, -0.25) is 15.0 Å². The van der Waals surface area contributed by atoms with E-state index in [2.05, 4.69) is 15.3 Å². The quantitative estimate of drug-likeness (QED) is 0.331. The third kappa shape index (κ3) is 8.52. The summed E-state index contributed by atoms with van der Waals surface area (Å²) in [6, 6.07) is 7.07. The number of alkyl carbamates (subject to hydrolysis) is 1. The van der Waals surface area contributed by atoms with Crippen LogP contribution in [0.15, 0.2) is 35.4 Å². The van der Waals surface area contributed by atoms with Gasteiger partial charge in [-0.05, 0) is 32.9 Å². The number of nitrogens with two attached hydrogens (primary N) is 1. The van der Waals surface area contributed by atoms with Gasteiger partial charge < -0.3 is 26.0 Å². The van der Waals surface area contributed by atoms with E-state index in [1.54, 1.807) is 45.0 Å². The first-order valence-corrected chi connectivity index (χ1v) is 11.5. The number of amides is 1. The molecule has 2 rings (SSSR count). The van der Waals surface area contributed by atoms with Gasteiger partial charge >= 0.3 is 6.09 Å². The van der Waals surface area contributed by atoms with E-state index < -0.39 is 28.4 Å². The minimum Gasteiger partial charge on any atom is -0.444 e. The van der Waals surface area contributed by atoms with Gasteiger partial charge in [-0.25, -0.2) is 14.8 Å². The number of anilines is 1. The van der Waals surface area contributed by atoms with Crippen LogP contribution in [-0.2, 0) is 20.3 Å². The molecule has 0 fully saturated rings. The van der Waals surface area contributed by atoms with Crippen molar-refractivity contribution in [1.29, 1.82) is 10.8 Å². The molecule has 1 aromatic heterocycles. The molecule has 192 valence electrons. The van der Waals surface area contributed by atoms with Crippen molar-refractivity contribution in [2.24, 2.45) is 0 Å². The van der Waals surface area contributed by atoms with Crippen LogP contribution < -0.4 is 11.1 Å². The Balaban J connectivity index is -0.00000289. The molecule has 11 nitrogen and oxygen atoms in total. The second-order valence-corrected chi connectivity index (χ2v) is 10.4. The first-order valence-electron chi connectivity index (χ1n) is 10.3. The van der Waals surface area contributed by atoms with Gasteiger partial charge in [0.25, 0.3) is 0 Å². The molecule has 0 aliphatic rings. The molecule has 1 amide bonds. The van der Waals surface area contributed by atoms with E-state index in [0.29, 0.717) is 16.2 Å². The first-order chi connectivity index (χ1) is 15.4. The lowest BCUT2D eigenvalue weighted by Crippen LogP contribution is -2.33. The number of nitrogens with zero attached hydrogens (tertiary/aromatic N) is 2. The predicted octanol–water partition coefficient (Wildman–Crippen LogP) is 3.39. The molecule has 0 saturated heterocycles. The largest absolute Gasteiger partial charge is 0.444 e. The van der Waals surface area contributed by atoms with Gasteiger partial charge in [-0.15, -0.1) is 0 Å². The van der Waals surface area contributed by atoms with Crippen LogP contribution in [0.3, 0.4) is 0 Å². The van der Waals surface area contributed by atoms with Crippen molar-refractivity contribution in [3.8, 4) is 11.3 Å². The highest BCUT2D eigenvalue weighted by Gasteiger charge is 2.18. The fourth-order valence-corrected chi connectivity index (χ4v) is 3.50. The molecule has 0 bridgehead atoms. The van der Waals surface area contributed by atoms with E-state index in [9.17, 15) is 9.00 Å². The van der Waals surface area contributed by atoms with Crippen LogP contribution in [-0.4, -0.2) is 54.9 Å². The Morgan fingerprint density at radius 3 is 2.41 bits per heavy atom. The maximum absolute atomic E-state index is 12.2. The van der Waals surface area contributed by atoms with Crippen LogP contribution in [0.1, 0.15) is 51.0 Å². The maximum atomic E-state index is 12.2. The molecule has 2 aromatic rings. The maximum Gasteiger partial charge on any atom is 0.407 e. The molecule has 0 aliphatic carbocycles. The molecule has 1 atom stereocenters. The summed E-state index contributed by atoms with van der Waals surface area (Å²) in [5.41, 5.74) is 6.39. The lowest BCUT2D eigenvalue weighted by Gasteiger charge is -2.19. The zero-order chi connectivity index (χ0) is 24.8. The van der Waals surface area contributed by atoms with Gasteiger partial charge in [-0.1, -0.05) is 26.0 Å². The summed E-state index contributed by atoms with van der Waals surface area (Å²) in [6.45, 7) is 9.13. The Morgan fingerprint density at radius 2 is 1.85 bits per heavy atom. The Kier molecular flexibility index (Phi) is 10.3. The molecular weight excluding hydrogens is 460 g/mol. The average molecular weight is 499 g/mol. The highest BCUT2D eigenvalue weighted by atomic mass is 32.2. The highest BCUT2D eigenvalue weighted by Crippen LogP contribution is 2.21. The Morgan fingerprint density at radius 1 is 1.24 bits per heavy atom. The Bertz CT molecular complexity index is 1070. The van der Waals surface area contributed by atoms with Crippen molar-refractivity contribution >= 4 is 34.5 Å². The highest BCUT2D eigenvalue weighted by molar-refractivity contribution is 7.85. The molecule has 1 aromatic carbocycles. The first kappa shape index (κ1) is 28.7. The van der Waals surface area contributed by atoms with Crippen LogP contribution >= 0.6 is 0 Å². The zero-order valence-electron chi connectivity index (χ0n) is 19.9. The predicted molar refractivity (Wildman–Crippen MR) is 138 cm³/mol. The molecule has 1 unspecified atom stereocenters. The number of hydrogen-bond donors (Lipinski definition) is 4. The summed E-state index contributed by atoms with van der Waals surface area (Å²) in [7, 11) is -1.10. The fraction of sp³-hybridized carbons (Fsp3) is 0.409. The molecule has 0 saturated carbocycles. The minimum atomic E-state index is -1.10. The second-order valence-electron chi connectivity index (χ2n) is 8.39. The normalized spacial score (nSPS) is 11.8. The third-order valence-corrected chi connectivity index (χ3v) is 5.67. The minimum absolute atomic E-state index is 0. The van der Waals surface area contributed by atoms with E-state index in [1.165, 1.54) is 6.20 Å². The van der Waals surface area contributed by atoms with Gasteiger partial charge in [0.1, 0.15) is 5.60 Å². The van der Waals surface area contributed by atoms with Gasteiger partial charge in [0, 0.05) is 33.0 Å². The summed E-state index contributed by atoms with van der Waals surface area (Å²) >= 11 is 0. The van der Waals surface area contributed by atoms with E-state index >= 15 is 0 Å². The van der Waals surface area contributed by atoms with Crippen LogP contribution in [0.2, 0.25) is 0 Å². The van der Waals surface area contributed by atoms with Crippen molar-refractivity contribution in [2.45, 2.75) is 56.8 Å². The number of carbonyl (C=O) groups is 1. The SMILES string of the molecule is CC(C)S(=O)c1ccc(-c2cnc(N)c(C(=N)OC(=N)CCNC(=O)OC(C)(C)C)n2)cc1.O.[HH].[HH].[HH]. The standard InChI is InChI=1S/C22H30N6O4S.H2O.3H2/c1-13(2)33(30)15-8-6-14(7-9-15)16-12-27-19(24)18(28-16)20(25)31-17(23)10-11-26-21(29)32-22(3,4)5;;;;/h6-9,12-13,23,25H,10-11H2,1-5H3,(H2,24,27)(H,26,29);1H2;3*1H. The third-order valence-electron chi connectivity index (χ3n) is 4.07. The number of nitrogen functional groups attached to an aromatic ring is 1. The molecule has 0 radical (unpaired) electrons. The summed E-state index contributed by atoms with van der Waals surface area (Å²) in [5, 5.41) is 18.6. The molecule has 7 N–H and O–H groups in total. The van der Waals surface area contributed by atoms with Crippen molar-refractivity contribution < 1.29 is 28.2 Å². The smallest absolute Gasteiger partial charge is 0.407 e. The van der Waals surface area contributed by atoms with Crippen LogP contribution in [0, 0.1) is 10.8 Å². The number of ether oxygens (including phenoxy) is 2. The number of rotatable bonds is 7. The Labute approximate surface area is 205 Å². The number of hydrogen-bond acceptors (Lipinski definition) is 9. The molecule has 0 spiro atoms. The number of nitrogens with one attached hydrogen (secondary N) is 3. The number of aromatic nitrogens is 2. The van der Waals surface area contributed by atoms with Gasteiger partial charge in [0.05, 0.1) is 22.7 Å². The number of carbonyl (C=O) groups excluding carboxylic acids is 1. The topological polar surface area (TPSA) is 196 Å². The van der Waals surface area contributed by atoms with E-state index in [-0.39, 0.29) is 45.4 Å². The van der Waals surface area contributed by atoms with E-state index in [1.807, 2.05) is 13.8 Å². The summed E-state index contributed by atoms with van der Waals surface area (Å²) < 4.78 is 22.6. The molecule has 34 heavy (non-hydrogen) atoms. The van der Waals surface area contributed by atoms with Crippen LogP contribution in [0.25, 0.3) is 11.3 Å². The lowest BCUT2D eigenvalue weighted by atomic mass is 10.1. The van der Waals surface area contributed by atoms with Gasteiger partial charge in [0.2, 0.25) is 5.90 Å². The van der Waals surface area contributed by atoms with Crippen LogP contribution in [0.5, 0.6) is 0 Å². The van der Waals surface area contributed by atoms with Crippen molar-refractivity contribution in [1.82, 2.24) is 15.3 Å². The van der Waals surface area contributed by atoms with Gasteiger partial charge in [-0.2, -0.15) is 0 Å². The lowest BCUT2D eigenvalue weighted by molar-refractivity contribution is 0.0529. The molecule has 12 heteroatoms. The van der Waals surface area contributed by atoms with Crippen molar-refractivity contribution in [3.63, 3.8) is 0 Å². The average Bonchev–Trinajstić information content (AvgIpc) is 2.72. The monoisotopic (exact) mass is 498 g/mol. The molecular formula is C22H38N6O5S. The van der Waals surface area contributed by atoms with Gasteiger partial charge in [0.15, 0.2) is 17.4 Å². The molecule has 1 heterocycles. The van der Waals surface area contributed by atoms with Crippen molar-refractivity contribution in [2.75, 3.05) is 12.3 Å². The molecule has 0 aliphatic heterocycles. The zero-order valence-corrected chi connectivity index (χ0v) is 20.7. The second kappa shape index (κ2) is 12.2. The van der Waals surface area contributed by atoms with E-state index in [4.69, 9.17) is 26.0 Å². The number of benzene rings is 1. The summed E-state index contributed by atoms with van der Waals surface area (Å²) in [6.07, 6.45) is 0.913.